The number of thioether (sulfide) groups is 1. The molecule has 0 fully saturated rings. The lowest BCUT2D eigenvalue weighted by Crippen LogP contribution is -2.30. The first-order valence-electron chi connectivity index (χ1n) is 8.07. The van der Waals surface area contributed by atoms with E-state index in [2.05, 4.69) is 10.4 Å². The van der Waals surface area contributed by atoms with Gasteiger partial charge in [0.1, 0.15) is 0 Å². The number of rotatable bonds is 7. The maximum atomic E-state index is 12.2. The summed E-state index contributed by atoms with van der Waals surface area (Å²) in [4.78, 5) is 25.2. The Morgan fingerprint density at radius 3 is 2.56 bits per heavy atom. The van der Waals surface area contributed by atoms with E-state index in [1.807, 2.05) is 51.2 Å². The third-order valence-electron chi connectivity index (χ3n) is 3.75. The molecule has 25 heavy (non-hydrogen) atoms. The van der Waals surface area contributed by atoms with E-state index in [-0.39, 0.29) is 18.3 Å². The van der Waals surface area contributed by atoms with Gasteiger partial charge < -0.3 is 10.1 Å². The molecule has 0 aliphatic carbocycles. The average Bonchev–Trinajstić information content (AvgIpc) is 2.82. The van der Waals surface area contributed by atoms with Crippen LogP contribution in [0, 0.1) is 13.8 Å². The molecule has 0 spiro atoms. The quantitative estimate of drug-likeness (QED) is 0.606. The lowest BCUT2D eigenvalue weighted by molar-refractivity contribution is -0.152. The molecule has 0 radical (unpaired) electrons. The van der Waals surface area contributed by atoms with E-state index in [4.69, 9.17) is 4.74 Å². The summed E-state index contributed by atoms with van der Waals surface area (Å²) in [6, 6.07) is 9.84. The number of hydrogen-bond acceptors (Lipinski definition) is 5. The summed E-state index contributed by atoms with van der Waals surface area (Å²) in [6.45, 7) is 5.26. The predicted octanol–water partition coefficient (Wildman–Crippen LogP) is 3.09. The van der Waals surface area contributed by atoms with Crippen LogP contribution in [0.2, 0.25) is 0 Å². The number of nitrogens with one attached hydrogen (secondary N) is 1. The van der Waals surface area contributed by atoms with Gasteiger partial charge in [0.05, 0.1) is 23.5 Å². The lowest BCUT2D eigenvalue weighted by Gasteiger charge is -2.13. The van der Waals surface area contributed by atoms with Crippen molar-refractivity contribution in [2.24, 2.45) is 7.05 Å². The first kappa shape index (κ1) is 19.1. The SMILES string of the molecule is Cc1nn(C)c(C)c1NC(=O)C(C)OC(=O)CCSc1ccccc1. The molecule has 134 valence electrons. The van der Waals surface area contributed by atoms with Crippen molar-refractivity contribution in [1.29, 1.82) is 0 Å². The Kier molecular flexibility index (Phi) is 6.64. The molecule has 6 nitrogen and oxygen atoms in total. The molecule has 0 aliphatic heterocycles. The number of esters is 1. The highest BCUT2D eigenvalue weighted by atomic mass is 32.2. The monoisotopic (exact) mass is 361 g/mol. The fraction of sp³-hybridized carbons (Fsp3) is 0.389. The highest BCUT2D eigenvalue weighted by Crippen LogP contribution is 2.20. The highest BCUT2D eigenvalue weighted by Gasteiger charge is 2.20. The number of carbonyl (C=O) groups is 2. The van der Waals surface area contributed by atoms with Gasteiger partial charge in [0.2, 0.25) is 0 Å². The molecule has 2 aromatic rings. The largest absolute Gasteiger partial charge is 0.453 e. The van der Waals surface area contributed by atoms with Gasteiger partial charge in [-0.2, -0.15) is 5.10 Å². The van der Waals surface area contributed by atoms with E-state index in [1.165, 1.54) is 0 Å². The van der Waals surface area contributed by atoms with Crippen LogP contribution in [-0.4, -0.2) is 33.5 Å². The van der Waals surface area contributed by atoms with Crippen LogP contribution in [0.5, 0.6) is 0 Å². The van der Waals surface area contributed by atoms with Gasteiger partial charge in [0.25, 0.3) is 5.91 Å². The summed E-state index contributed by atoms with van der Waals surface area (Å²) in [5.74, 6) is -0.133. The molecule has 1 unspecified atom stereocenters. The van der Waals surface area contributed by atoms with Gasteiger partial charge >= 0.3 is 5.97 Å². The number of amides is 1. The van der Waals surface area contributed by atoms with Crippen LogP contribution in [0.4, 0.5) is 5.69 Å². The summed E-state index contributed by atoms with van der Waals surface area (Å²) in [5.41, 5.74) is 2.24. The van der Waals surface area contributed by atoms with Crippen molar-refractivity contribution in [1.82, 2.24) is 9.78 Å². The molecule has 1 aromatic heterocycles. The zero-order chi connectivity index (χ0) is 18.4. The molecular weight excluding hydrogens is 338 g/mol. The van der Waals surface area contributed by atoms with Gasteiger partial charge in [0.15, 0.2) is 6.10 Å². The molecule has 0 saturated carbocycles. The minimum absolute atomic E-state index is 0.252. The van der Waals surface area contributed by atoms with Crippen LogP contribution >= 0.6 is 11.8 Å². The second kappa shape index (κ2) is 8.71. The third kappa shape index (κ3) is 5.35. The van der Waals surface area contributed by atoms with Crippen molar-refractivity contribution in [3.05, 3.63) is 41.7 Å². The molecular formula is C18H23N3O3S. The molecule has 1 aromatic carbocycles. The van der Waals surface area contributed by atoms with Crippen molar-refractivity contribution >= 4 is 29.3 Å². The van der Waals surface area contributed by atoms with Crippen LogP contribution in [-0.2, 0) is 21.4 Å². The number of hydrogen-bond donors (Lipinski definition) is 1. The molecule has 7 heteroatoms. The minimum Gasteiger partial charge on any atom is -0.453 e. The maximum Gasteiger partial charge on any atom is 0.307 e. The average molecular weight is 361 g/mol. The number of aromatic nitrogens is 2. The number of carbonyl (C=O) groups excluding carboxylic acids is 2. The maximum absolute atomic E-state index is 12.2. The molecule has 2 rings (SSSR count). The van der Waals surface area contributed by atoms with Gasteiger partial charge in [-0.3, -0.25) is 14.3 Å². The zero-order valence-corrected chi connectivity index (χ0v) is 15.7. The standard InChI is InChI=1S/C18H23N3O3S/c1-12-17(13(2)21(4)20-12)19-18(23)14(3)24-16(22)10-11-25-15-8-6-5-7-9-15/h5-9,14H,10-11H2,1-4H3,(H,19,23). The number of anilines is 1. The van der Waals surface area contributed by atoms with E-state index >= 15 is 0 Å². The molecule has 1 atom stereocenters. The Hall–Kier alpha value is -2.28. The first-order chi connectivity index (χ1) is 11.9. The first-order valence-corrected chi connectivity index (χ1v) is 9.05. The van der Waals surface area contributed by atoms with E-state index in [1.54, 1.807) is 23.4 Å². The van der Waals surface area contributed by atoms with E-state index in [0.29, 0.717) is 11.4 Å². The van der Waals surface area contributed by atoms with Crippen LogP contribution < -0.4 is 5.32 Å². The molecule has 1 heterocycles. The van der Waals surface area contributed by atoms with Crippen LogP contribution in [0.15, 0.2) is 35.2 Å². The van der Waals surface area contributed by atoms with Crippen LogP contribution in [0.1, 0.15) is 24.7 Å². The minimum atomic E-state index is -0.853. The van der Waals surface area contributed by atoms with Gasteiger partial charge in [-0.25, -0.2) is 0 Å². The fourth-order valence-electron chi connectivity index (χ4n) is 2.26. The van der Waals surface area contributed by atoms with Crippen molar-refractivity contribution in [2.45, 2.75) is 38.2 Å². The summed E-state index contributed by atoms with van der Waals surface area (Å²) in [5, 5.41) is 7.03. The van der Waals surface area contributed by atoms with E-state index < -0.39 is 6.10 Å². The summed E-state index contributed by atoms with van der Waals surface area (Å²) < 4.78 is 6.91. The Bertz CT molecular complexity index is 744. The topological polar surface area (TPSA) is 73.2 Å². The molecule has 0 saturated heterocycles. The zero-order valence-electron chi connectivity index (χ0n) is 14.9. The van der Waals surface area contributed by atoms with Gasteiger partial charge in [0, 0.05) is 17.7 Å². The van der Waals surface area contributed by atoms with Gasteiger partial charge in [-0.15, -0.1) is 11.8 Å². The Morgan fingerprint density at radius 1 is 1.28 bits per heavy atom. The lowest BCUT2D eigenvalue weighted by atomic mass is 10.3. The highest BCUT2D eigenvalue weighted by molar-refractivity contribution is 7.99. The van der Waals surface area contributed by atoms with Gasteiger partial charge in [-0.1, -0.05) is 18.2 Å². The van der Waals surface area contributed by atoms with E-state index in [0.717, 1.165) is 16.3 Å². The molecule has 1 N–H and O–H groups in total. The number of benzene rings is 1. The Labute approximate surface area is 151 Å². The number of aryl methyl sites for hydroxylation is 2. The Morgan fingerprint density at radius 2 is 1.96 bits per heavy atom. The van der Waals surface area contributed by atoms with Crippen molar-refractivity contribution < 1.29 is 14.3 Å². The second-order valence-corrected chi connectivity index (χ2v) is 6.87. The molecule has 0 bridgehead atoms. The van der Waals surface area contributed by atoms with E-state index in [9.17, 15) is 9.59 Å². The van der Waals surface area contributed by atoms with Crippen LogP contribution in [0.3, 0.4) is 0 Å². The van der Waals surface area contributed by atoms with Crippen molar-refractivity contribution in [3.63, 3.8) is 0 Å². The van der Waals surface area contributed by atoms with Crippen LogP contribution in [0.25, 0.3) is 0 Å². The van der Waals surface area contributed by atoms with Gasteiger partial charge in [-0.05, 0) is 32.9 Å². The predicted molar refractivity (Wildman–Crippen MR) is 98.6 cm³/mol. The Balaban J connectivity index is 1.79. The second-order valence-electron chi connectivity index (χ2n) is 5.70. The normalized spacial score (nSPS) is 11.8. The summed E-state index contributed by atoms with van der Waals surface area (Å²) in [7, 11) is 1.81. The molecule has 1 amide bonds. The molecule has 0 aliphatic rings. The smallest absolute Gasteiger partial charge is 0.307 e. The third-order valence-corrected chi connectivity index (χ3v) is 4.77. The fourth-order valence-corrected chi connectivity index (χ4v) is 3.11. The van der Waals surface area contributed by atoms with Crippen molar-refractivity contribution in [2.75, 3.05) is 11.1 Å². The van der Waals surface area contributed by atoms with Crippen molar-refractivity contribution in [3.8, 4) is 0 Å². The summed E-state index contributed by atoms with van der Waals surface area (Å²) in [6.07, 6.45) is -0.601. The summed E-state index contributed by atoms with van der Waals surface area (Å²) >= 11 is 1.58. The number of nitrogens with zero attached hydrogens (tertiary/aromatic N) is 2. The number of ether oxygens (including phenoxy) is 1.